The predicted octanol–water partition coefficient (Wildman–Crippen LogP) is 8.63. The number of hydrogen-bond acceptors (Lipinski definition) is 17. The molecule has 0 fully saturated rings. The standard InChI is InChI=1S/C52H71N9O13S4/c1-6-9-11-13-15-17-19-38-20-27-44(73-31-18-16-14-12-10-7-2)47(34-38)77(66,67)60-43-35-48(45(36-46(43)78(68,69)70)74-41-24-22-40(71-5)23-25-41)76(64,65)55-29-28-49-57-51-50(52(72-8-3)59-61(51)58-49)56-39-21-26-42(37(4)33-39)54-30-32-75(53,62)63/h20-27,33-36,54-55,60H,6-19,28-32H2,1-5H3,(H2,53,62,63)(H,68,69,70)/b56-50-. The molecule has 5 aromatic rings. The van der Waals surface area contributed by atoms with Gasteiger partial charge in [0.1, 0.15) is 37.7 Å². The second kappa shape index (κ2) is 28.1. The van der Waals surface area contributed by atoms with Crippen LogP contribution in [0.3, 0.4) is 0 Å². The van der Waals surface area contributed by atoms with Gasteiger partial charge in [0.25, 0.3) is 26.0 Å². The summed E-state index contributed by atoms with van der Waals surface area (Å²) >= 11 is 0. The van der Waals surface area contributed by atoms with E-state index in [1.807, 2.05) is 6.92 Å². The third-order valence-electron chi connectivity index (χ3n) is 12.3. The van der Waals surface area contributed by atoms with Crippen LogP contribution in [-0.2, 0) is 57.8 Å². The Morgan fingerprint density at radius 1 is 0.679 bits per heavy atom. The molecule has 0 saturated carbocycles. The average molecular weight is 1160 g/mol. The van der Waals surface area contributed by atoms with Crippen LogP contribution in [0.5, 0.6) is 23.0 Å². The molecule has 0 bridgehead atoms. The first-order valence-corrected chi connectivity index (χ1v) is 32.1. The van der Waals surface area contributed by atoms with Crippen molar-refractivity contribution in [3.63, 3.8) is 0 Å². The van der Waals surface area contributed by atoms with Gasteiger partial charge in [-0.3, -0.25) is 9.27 Å². The Bertz CT molecular complexity index is 3370. The van der Waals surface area contributed by atoms with Crippen molar-refractivity contribution < 1.29 is 57.2 Å². The lowest BCUT2D eigenvalue weighted by Crippen LogP contribution is -2.27. The molecule has 2 heterocycles. The van der Waals surface area contributed by atoms with Crippen LogP contribution in [0.25, 0.3) is 0 Å². The molecular weight excluding hydrogens is 1090 g/mol. The van der Waals surface area contributed by atoms with Crippen molar-refractivity contribution in [2.45, 2.75) is 132 Å². The van der Waals surface area contributed by atoms with Crippen LogP contribution in [0.4, 0.5) is 17.1 Å². The number of sulfonamides is 3. The number of primary sulfonamides is 1. The molecular formula is C52H71N9O13S4. The van der Waals surface area contributed by atoms with Gasteiger partial charge in [0, 0.05) is 31.3 Å². The summed E-state index contributed by atoms with van der Waals surface area (Å²) < 4.78 is 146. The molecule has 0 amide bonds. The third-order valence-corrected chi connectivity index (χ3v) is 16.9. The number of aliphatic imine (C=N–C) groups is 1. The summed E-state index contributed by atoms with van der Waals surface area (Å²) in [5.74, 6) is 0.126. The maximum atomic E-state index is 14.6. The number of benzene rings is 4. The number of nitrogens with one attached hydrogen (secondary N) is 3. The topological polar surface area (TPSA) is 311 Å². The van der Waals surface area contributed by atoms with E-state index in [2.05, 4.69) is 43.8 Å². The van der Waals surface area contributed by atoms with Crippen LogP contribution in [0.15, 0.2) is 97.6 Å². The van der Waals surface area contributed by atoms with Crippen molar-refractivity contribution in [2.24, 2.45) is 15.2 Å². The smallest absolute Gasteiger partial charge is 0.296 e. The molecule has 0 saturated heterocycles. The van der Waals surface area contributed by atoms with Gasteiger partial charge < -0.3 is 24.3 Å². The van der Waals surface area contributed by atoms with Gasteiger partial charge in [-0.1, -0.05) is 84.1 Å². The maximum absolute atomic E-state index is 14.6. The number of anilines is 2. The van der Waals surface area contributed by atoms with Gasteiger partial charge in [0.2, 0.25) is 25.9 Å². The molecule has 0 aliphatic carbocycles. The highest BCUT2D eigenvalue weighted by molar-refractivity contribution is 7.93. The van der Waals surface area contributed by atoms with Crippen LogP contribution in [0.2, 0.25) is 0 Å². The van der Waals surface area contributed by atoms with E-state index >= 15 is 0 Å². The zero-order valence-corrected chi connectivity index (χ0v) is 47.9. The average Bonchev–Trinajstić information content (AvgIpc) is 4.11. The molecule has 6 N–H and O–H groups in total. The van der Waals surface area contributed by atoms with Gasteiger partial charge >= 0.3 is 0 Å². The van der Waals surface area contributed by atoms with Gasteiger partial charge in [-0.05, 0) is 105 Å². The second-order valence-electron chi connectivity index (χ2n) is 18.5. The molecule has 0 atom stereocenters. The number of aromatic nitrogens is 3. The van der Waals surface area contributed by atoms with Crippen LogP contribution >= 0.6 is 0 Å². The Kier molecular flexibility index (Phi) is 22.0. The molecule has 22 nitrogen and oxygen atoms in total. The highest BCUT2D eigenvalue weighted by Crippen LogP contribution is 2.39. The first kappa shape index (κ1) is 61.1. The van der Waals surface area contributed by atoms with Gasteiger partial charge in [-0.15, -0.1) is 15.0 Å². The first-order valence-electron chi connectivity index (χ1n) is 26.0. The van der Waals surface area contributed by atoms with Gasteiger partial charge in [-0.25, -0.2) is 45.1 Å². The summed E-state index contributed by atoms with van der Waals surface area (Å²) in [5.41, 5.74) is 2.06. The van der Waals surface area contributed by atoms with Crippen LogP contribution in [0.1, 0.15) is 121 Å². The predicted molar refractivity (Wildman–Crippen MR) is 300 cm³/mol. The number of fused-ring (bicyclic) bond motifs is 1. The van der Waals surface area contributed by atoms with E-state index in [1.54, 1.807) is 37.3 Å². The Morgan fingerprint density at radius 2 is 1.35 bits per heavy atom. The molecule has 26 heteroatoms. The lowest BCUT2D eigenvalue weighted by Gasteiger charge is -2.19. The molecule has 4 aromatic carbocycles. The van der Waals surface area contributed by atoms with Crippen molar-refractivity contribution in [3.05, 3.63) is 95.6 Å². The number of nitrogens with two attached hydrogens (primary N) is 1. The number of aryl methyl sites for hydroxylation is 2. The first-order chi connectivity index (χ1) is 37.1. The Morgan fingerprint density at radius 3 is 2.00 bits per heavy atom. The highest BCUT2D eigenvalue weighted by Gasteiger charge is 2.32. The number of methoxy groups -OCH3 is 1. The second-order valence-corrected chi connectivity index (χ2v) is 25.1. The van der Waals surface area contributed by atoms with E-state index in [1.165, 1.54) is 42.2 Å². The molecule has 0 radical (unpaired) electrons. The summed E-state index contributed by atoms with van der Waals surface area (Å²) in [6, 6.07) is 17.4. The summed E-state index contributed by atoms with van der Waals surface area (Å²) in [5, 5.41) is 17.0. The third kappa shape index (κ3) is 17.7. The molecule has 1 aliphatic heterocycles. The SMILES string of the molecule is CCCCCCCCOc1ccc(CCCCCCCC)cc1S(=O)(=O)Nc1cc(S(=O)(=O)NCCc2nc3n(n2)N=C(OCC)/C3=N\c2ccc(NCCS(N)(=O)=O)c(C)c2)c(Oc2ccc(OC)cc2)cc1S(=O)(=O)O. The largest absolute Gasteiger partial charge is 0.497 e. The number of unbranched alkanes of at least 4 members (excludes halogenated alkanes) is 10. The van der Waals surface area contributed by atoms with E-state index in [4.69, 9.17) is 29.1 Å². The van der Waals surface area contributed by atoms with E-state index in [0.29, 0.717) is 35.5 Å². The molecule has 0 spiro atoms. The van der Waals surface area contributed by atoms with Crippen molar-refractivity contribution in [1.82, 2.24) is 19.6 Å². The Labute approximate surface area is 458 Å². The zero-order chi connectivity index (χ0) is 56.5. The molecule has 1 aliphatic rings. The normalized spacial score (nSPS) is 13.3. The summed E-state index contributed by atoms with van der Waals surface area (Å²) in [7, 11) is -17.0. The summed E-state index contributed by atoms with van der Waals surface area (Å²) in [4.78, 5) is 8.53. The zero-order valence-electron chi connectivity index (χ0n) is 44.7. The van der Waals surface area contributed by atoms with Crippen molar-refractivity contribution in [1.29, 1.82) is 0 Å². The minimum Gasteiger partial charge on any atom is -0.497 e. The minimum atomic E-state index is -5.29. The van der Waals surface area contributed by atoms with Gasteiger partial charge in [0.05, 0.1) is 37.5 Å². The van der Waals surface area contributed by atoms with E-state index in [-0.39, 0.29) is 78.1 Å². The van der Waals surface area contributed by atoms with Crippen molar-refractivity contribution in [3.8, 4) is 23.0 Å². The van der Waals surface area contributed by atoms with E-state index in [9.17, 15) is 38.2 Å². The summed E-state index contributed by atoms with van der Waals surface area (Å²) in [6.07, 6.45) is 12.3. The monoisotopic (exact) mass is 1160 g/mol. The number of hydrogen-bond donors (Lipinski definition) is 5. The van der Waals surface area contributed by atoms with E-state index in [0.717, 1.165) is 88.3 Å². The quantitative estimate of drug-likeness (QED) is 0.0194. The fourth-order valence-electron chi connectivity index (χ4n) is 8.28. The lowest BCUT2D eigenvalue weighted by molar-refractivity contribution is 0.297. The number of nitrogens with zero attached hydrogens (tertiary/aromatic N) is 5. The van der Waals surface area contributed by atoms with Crippen LogP contribution in [0, 0.1) is 6.92 Å². The molecule has 78 heavy (non-hydrogen) atoms. The fourth-order valence-corrected chi connectivity index (χ4v) is 11.8. The fraction of sp³-hybridized carbons (Fsp3) is 0.462. The lowest BCUT2D eigenvalue weighted by atomic mass is 10.0. The van der Waals surface area contributed by atoms with E-state index < -0.39 is 61.4 Å². The Balaban J connectivity index is 1.30. The van der Waals surface area contributed by atoms with Gasteiger partial charge in [-0.2, -0.15) is 8.42 Å². The maximum Gasteiger partial charge on any atom is 0.296 e. The molecule has 0 unspecified atom stereocenters. The number of ether oxygens (including phenoxy) is 4. The van der Waals surface area contributed by atoms with Crippen LogP contribution in [-0.4, -0.2) is 104 Å². The molecule has 426 valence electrons. The highest BCUT2D eigenvalue weighted by atomic mass is 32.2. The molecule has 6 rings (SSSR count). The van der Waals surface area contributed by atoms with Crippen molar-refractivity contribution in [2.75, 3.05) is 49.2 Å². The van der Waals surface area contributed by atoms with Gasteiger partial charge in [0.15, 0.2) is 11.5 Å². The van der Waals surface area contributed by atoms with Crippen molar-refractivity contribution >= 4 is 68.9 Å². The summed E-state index contributed by atoms with van der Waals surface area (Å²) in [6.45, 7) is 8.05. The minimum absolute atomic E-state index is 0.0147. The number of rotatable bonds is 33. The molecule has 1 aromatic heterocycles. The Hall–Kier alpha value is -6.16. The van der Waals surface area contributed by atoms with Crippen LogP contribution < -0.4 is 34.1 Å².